The van der Waals surface area contributed by atoms with Gasteiger partial charge in [-0.2, -0.15) is 0 Å². The predicted molar refractivity (Wildman–Crippen MR) is 48.4 cm³/mol. The molecule has 0 N–H and O–H groups in total. The molecule has 0 amide bonds. The molecule has 0 aliphatic heterocycles. The van der Waals surface area contributed by atoms with Crippen LogP contribution in [0.3, 0.4) is 0 Å². The van der Waals surface area contributed by atoms with E-state index in [1.807, 2.05) is 0 Å². The molecule has 0 rings (SSSR count). The minimum absolute atomic E-state index is 0.338. The zero-order valence-corrected chi connectivity index (χ0v) is 8.88. The molecule has 0 fully saturated rings. The summed E-state index contributed by atoms with van der Waals surface area (Å²) >= 11 is 31.7. The molecule has 1 radical (unpaired) electrons. The summed E-state index contributed by atoms with van der Waals surface area (Å²) in [6.07, 6.45) is 0. The zero-order chi connectivity index (χ0) is 8.58. The highest BCUT2D eigenvalue weighted by molar-refractivity contribution is 6.75. The molecule has 0 saturated carbocycles. The SMILES string of the molecule is [CH]=C(C(Cl)(Cl)Cl)C(Cl)(Cl)Cl. The maximum Gasteiger partial charge on any atom is 0.216 e. The fraction of sp³-hybridized carbons (Fsp3) is 0.500. The van der Waals surface area contributed by atoms with Gasteiger partial charge in [-0.15, -0.1) is 0 Å². The van der Waals surface area contributed by atoms with Crippen LogP contribution in [0.4, 0.5) is 0 Å². The molecule has 59 valence electrons. The van der Waals surface area contributed by atoms with E-state index in [4.69, 9.17) is 76.2 Å². The molecule has 10 heavy (non-hydrogen) atoms. The fourth-order valence-electron chi connectivity index (χ4n) is 0.161. The lowest BCUT2D eigenvalue weighted by Crippen LogP contribution is -2.19. The van der Waals surface area contributed by atoms with Gasteiger partial charge in [0.1, 0.15) is 0 Å². The summed E-state index contributed by atoms with van der Waals surface area (Å²) in [7, 11) is 0. The summed E-state index contributed by atoms with van der Waals surface area (Å²) in [5.41, 5.74) is -0.338. The van der Waals surface area contributed by atoms with Crippen LogP contribution in [0.1, 0.15) is 0 Å². The van der Waals surface area contributed by atoms with Crippen molar-refractivity contribution in [2.75, 3.05) is 0 Å². The van der Waals surface area contributed by atoms with E-state index in [0.29, 0.717) is 0 Å². The third-order valence-electron chi connectivity index (χ3n) is 0.611. The second-order valence-corrected chi connectivity index (χ2v) is 5.97. The van der Waals surface area contributed by atoms with E-state index in [0.717, 1.165) is 0 Å². The zero-order valence-electron chi connectivity index (χ0n) is 4.35. The first-order valence-corrected chi connectivity index (χ1v) is 4.19. The summed E-state index contributed by atoms with van der Waals surface area (Å²) in [6, 6.07) is 0. The Morgan fingerprint density at radius 2 is 1.00 bits per heavy atom. The Morgan fingerprint density at radius 1 is 0.800 bits per heavy atom. The average Bonchev–Trinajstić information content (AvgIpc) is 1.59. The van der Waals surface area contributed by atoms with E-state index < -0.39 is 7.59 Å². The van der Waals surface area contributed by atoms with E-state index in [9.17, 15) is 0 Å². The number of rotatable bonds is 0. The van der Waals surface area contributed by atoms with Crippen molar-refractivity contribution in [1.29, 1.82) is 0 Å². The highest BCUT2D eigenvalue weighted by Gasteiger charge is 2.38. The molecule has 0 aliphatic carbocycles. The molecule has 0 aliphatic rings. The van der Waals surface area contributed by atoms with Gasteiger partial charge in [-0.25, -0.2) is 0 Å². The van der Waals surface area contributed by atoms with Gasteiger partial charge in [0.15, 0.2) is 0 Å². The van der Waals surface area contributed by atoms with Crippen molar-refractivity contribution < 1.29 is 0 Å². The van der Waals surface area contributed by atoms with Crippen molar-refractivity contribution in [3.05, 3.63) is 12.2 Å². The molecule has 0 saturated heterocycles. The van der Waals surface area contributed by atoms with Crippen LogP contribution in [0.2, 0.25) is 0 Å². The second kappa shape index (κ2) is 3.47. The van der Waals surface area contributed by atoms with E-state index >= 15 is 0 Å². The van der Waals surface area contributed by atoms with Crippen LogP contribution < -0.4 is 0 Å². The number of hydrogen-bond donors (Lipinski definition) is 0. The smallest absolute Gasteiger partial charge is 0.0786 e. The largest absolute Gasteiger partial charge is 0.216 e. The van der Waals surface area contributed by atoms with Gasteiger partial charge in [-0.05, 0) is 0 Å². The van der Waals surface area contributed by atoms with Gasteiger partial charge in [0.2, 0.25) is 7.59 Å². The summed E-state index contributed by atoms with van der Waals surface area (Å²) < 4.78 is -3.68. The lowest BCUT2D eigenvalue weighted by molar-refractivity contribution is 1.15. The fourth-order valence-corrected chi connectivity index (χ4v) is 1.45. The highest BCUT2D eigenvalue weighted by Crippen LogP contribution is 2.46. The van der Waals surface area contributed by atoms with Crippen LogP contribution in [0.15, 0.2) is 5.57 Å². The Bertz CT molecular complexity index is 121. The van der Waals surface area contributed by atoms with Crippen molar-refractivity contribution >= 4 is 69.6 Å². The monoisotopic (exact) mass is 259 g/mol. The maximum absolute atomic E-state index is 5.28. The molecule has 0 spiro atoms. The Kier molecular flexibility index (Phi) is 3.98. The number of halogens is 6. The van der Waals surface area contributed by atoms with Gasteiger partial charge >= 0.3 is 0 Å². The number of alkyl halides is 6. The quantitative estimate of drug-likeness (QED) is 0.576. The maximum atomic E-state index is 5.28. The summed E-state index contributed by atoms with van der Waals surface area (Å²) in [6.45, 7) is 5.15. The number of allylic oxidation sites excluding steroid dienone is 1. The van der Waals surface area contributed by atoms with E-state index in [1.54, 1.807) is 0 Å². The van der Waals surface area contributed by atoms with Crippen LogP contribution in [0.5, 0.6) is 0 Å². The standard InChI is InChI=1S/C4HCl6/c1-2(3(5,6)7)4(8,9)10/h1H. The molecule has 0 heterocycles. The molecule has 0 bridgehead atoms. The predicted octanol–water partition coefficient (Wildman–Crippen LogP) is 4.09. The minimum atomic E-state index is -1.84. The summed E-state index contributed by atoms with van der Waals surface area (Å²) in [4.78, 5) is 0. The van der Waals surface area contributed by atoms with Crippen LogP contribution in [-0.4, -0.2) is 7.59 Å². The Balaban J connectivity index is 4.40. The molecule has 0 aromatic rings. The molecular weight excluding hydrogens is 261 g/mol. The van der Waals surface area contributed by atoms with Crippen LogP contribution in [-0.2, 0) is 0 Å². The van der Waals surface area contributed by atoms with Crippen molar-refractivity contribution in [2.24, 2.45) is 0 Å². The van der Waals surface area contributed by atoms with Gasteiger partial charge in [-0.3, -0.25) is 0 Å². The van der Waals surface area contributed by atoms with Gasteiger partial charge in [0.05, 0.1) is 0 Å². The topological polar surface area (TPSA) is 0 Å². The van der Waals surface area contributed by atoms with Crippen molar-refractivity contribution in [3.8, 4) is 0 Å². The van der Waals surface area contributed by atoms with Crippen molar-refractivity contribution in [1.82, 2.24) is 0 Å². The highest BCUT2D eigenvalue weighted by atomic mass is 35.6. The van der Waals surface area contributed by atoms with Crippen LogP contribution in [0, 0.1) is 6.58 Å². The third kappa shape index (κ3) is 3.75. The Hall–Kier alpha value is 1.48. The van der Waals surface area contributed by atoms with Crippen molar-refractivity contribution in [3.63, 3.8) is 0 Å². The van der Waals surface area contributed by atoms with Gasteiger partial charge in [0.25, 0.3) is 0 Å². The molecular formula is C4HCl6. The van der Waals surface area contributed by atoms with Gasteiger partial charge in [0, 0.05) is 5.57 Å². The third-order valence-corrected chi connectivity index (χ3v) is 1.83. The van der Waals surface area contributed by atoms with Crippen molar-refractivity contribution in [2.45, 2.75) is 7.59 Å². The Morgan fingerprint density at radius 3 is 1.00 bits per heavy atom. The molecule has 0 atom stereocenters. The summed E-state index contributed by atoms with van der Waals surface area (Å²) in [5.74, 6) is 0. The first kappa shape index (κ1) is 11.5. The first-order valence-electron chi connectivity index (χ1n) is 1.92. The van der Waals surface area contributed by atoms with Crippen LogP contribution >= 0.6 is 69.6 Å². The molecule has 0 unspecified atom stereocenters. The first-order chi connectivity index (χ1) is 4.15. The van der Waals surface area contributed by atoms with E-state index in [2.05, 4.69) is 0 Å². The lowest BCUT2D eigenvalue weighted by atomic mass is 10.4. The molecule has 0 aromatic heterocycles. The number of hydrogen-bond acceptors (Lipinski definition) is 0. The van der Waals surface area contributed by atoms with Gasteiger partial charge < -0.3 is 0 Å². The summed E-state index contributed by atoms with van der Waals surface area (Å²) in [5, 5.41) is 0. The normalized spacial score (nSPS) is 13.4. The molecule has 6 heteroatoms. The van der Waals surface area contributed by atoms with E-state index in [1.165, 1.54) is 0 Å². The van der Waals surface area contributed by atoms with Crippen LogP contribution in [0.25, 0.3) is 0 Å². The molecule has 0 aromatic carbocycles. The lowest BCUT2D eigenvalue weighted by Gasteiger charge is -2.20. The second-order valence-electron chi connectivity index (χ2n) is 1.41. The Labute approximate surface area is 89.0 Å². The van der Waals surface area contributed by atoms with E-state index in [-0.39, 0.29) is 5.57 Å². The average molecular weight is 262 g/mol. The minimum Gasteiger partial charge on any atom is -0.0786 e. The molecule has 0 nitrogen and oxygen atoms in total. The van der Waals surface area contributed by atoms with Gasteiger partial charge in [-0.1, -0.05) is 76.2 Å².